The van der Waals surface area contributed by atoms with E-state index in [0.29, 0.717) is 16.7 Å². The summed E-state index contributed by atoms with van der Waals surface area (Å²) >= 11 is 0. The van der Waals surface area contributed by atoms with Crippen LogP contribution in [-0.2, 0) is 10.0 Å². The van der Waals surface area contributed by atoms with Crippen LogP contribution in [0.15, 0.2) is 71.6 Å². The number of nitrogens with one attached hydrogen (secondary N) is 1. The van der Waals surface area contributed by atoms with E-state index in [1.165, 1.54) is 30.3 Å². The molecule has 1 aliphatic carbocycles. The van der Waals surface area contributed by atoms with E-state index in [0.717, 1.165) is 11.1 Å². The number of rotatable bonds is 4. The van der Waals surface area contributed by atoms with Crippen LogP contribution in [0.5, 0.6) is 5.75 Å². The van der Waals surface area contributed by atoms with Crippen LogP contribution in [0.4, 0.5) is 13.2 Å². The van der Waals surface area contributed by atoms with Crippen molar-refractivity contribution in [1.29, 1.82) is 0 Å². The highest BCUT2D eigenvalue weighted by atomic mass is 32.2. The van der Waals surface area contributed by atoms with E-state index < -0.39 is 28.2 Å². The Hall–Kier alpha value is -2.84. The lowest BCUT2D eigenvalue weighted by Crippen LogP contribution is -2.28. The van der Waals surface area contributed by atoms with Crippen LogP contribution < -0.4 is 9.46 Å². The van der Waals surface area contributed by atoms with Gasteiger partial charge in [-0.25, -0.2) is 8.42 Å². The molecule has 4 nitrogen and oxygen atoms in total. The van der Waals surface area contributed by atoms with Crippen molar-refractivity contribution in [1.82, 2.24) is 4.72 Å². The molecule has 1 unspecified atom stereocenters. The summed E-state index contributed by atoms with van der Waals surface area (Å²) in [6.07, 6.45) is -4.84. The van der Waals surface area contributed by atoms with Gasteiger partial charge in [0.1, 0.15) is 5.75 Å². The van der Waals surface area contributed by atoms with E-state index in [4.69, 9.17) is 0 Å². The summed E-state index contributed by atoms with van der Waals surface area (Å²) in [6.45, 7) is 1.84. The van der Waals surface area contributed by atoms with Crippen molar-refractivity contribution in [2.75, 3.05) is 0 Å². The van der Waals surface area contributed by atoms with Crippen LogP contribution in [0, 0.1) is 6.92 Å². The third-order valence-electron chi connectivity index (χ3n) is 4.73. The number of hydrogen-bond acceptors (Lipinski definition) is 3. The summed E-state index contributed by atoms with van der Waals surface area (Å²) in [6, 6.07) is 16.6. The van der Waals surface area contributed by atoms with Crippen molar-refractivity contribution in [2.45, 2.75) is 24.2 Å². The molecule has 0 saturated carbocycles. The minimum Gasteiger partial charge on any atom is -0.406 e. The van der Waals surface area contributed by atoms with Gasteiger partial charge in [-0.1, -0.05) is 48.0 Å². The van der Waals surface area contributed by atoms with Crippen LogP contribution in [0.2, 0.25) is 0 Å². The number of aryl methyl sites for hydroxylation is 1. The van der Waals surface area contributed by atoms with Gasteiger partial charge in [0.05, 0.1) is 10.9 Å². The zero-order chi connectivity index (χ0) is 20.8. The first kappa shape index (κ1) is 19.5. The highest BCUT2D eigenvalue weighted by Gasteiger charge is 2.35. The van der Waals surface area contributed by atoms with Gasteiger partial charge in [0, 0.05) is 0 Å². The fraction of sp³-hybridized carbons (Fsp3) is 0.143. The van der Waals surface area contributed by atoms with Gasteiger partial charge in [0.25, 0.3) is 0 Å². The van der Waals surface area contributed by atoms with E-state index in [9.17, 15) is 21.6 Å². The largest absolute Gasteiger partial charge is 0.573 e. The zero-order valence-corrected chi connectivity index (χ0v) is 16.0. The van der Waals surface area contributed by atoms with Gasteiger partial charge in [0.2, 0.25) is 10.0 Å². The van der Waals surface area contributed by atoms with E-state index in [1.807, 2.05) is 6.92 Å². The van der Waals surface area contributed by atoms with Gasteiger partial charge in [0.15, 0.2) is 0 Å². The molecule has 3 aromatic rings. The quantitative estimate of drug-likeness (QED) is 0.652. The Bertz CT molecular complexity index is 1170. The maximum atomic E-state index is 12.9. The number of halogens is 3. The predicted octanol–water partition coefficient (Wildman–Crippen LogP) is 4.94. The monoisotopic (exact) mass is 419 g/mol. The normalized spacial score (nSPS) is 15.7. The topological polar surface area (TPSA) is 55.4 Å². The molecule has 0 fully saturated rings. The molecule has 0 bridgehead atoms. The van der Waals surface area contributed by atoms with Crippen LogP contribution >= 0.6 is 0 Å². The Kier molecular flexibility index (Phi) is 4.63. The molecule has 0 heterocycles. The van der Waals surface area contributed by atoms with Gasteiger partial charge in [-0.3, -0.25) is 0 Å². The minimum atomic E-state index is -4.84. The van der Waals surface area contributed by atoms with Gasteiger partial charge < -0.3 is 4.74 Å². The average Bonchev–Trinajstić information content (AvgIpc) is 2.94. The molecule has 0 radical (unpaired) electrons. The maximum absolute atomic E-state index is 12.9. The van der Waals surface area contributed by atoms with Gasteiger partial charge >= 0.3 is 6.36 Å². The van der Waals surface area contributed by atoms with Gasteiger partial charge in [-0.05, 0) is 53.4 Å². The lowest BCUT2D eigenvalue weighted by Gasteiger charge is -2.17. The summed E-state index contributed by atoms with van der Waals surface area (Å²) in [4.78, 5) is 0.0803. The van der Waals surface area contributed by atoms with Gasteiger partial charge in [-0.2, -0.15) is 4.72 Å². The van der Waals surface area contributed by atoms with E-state index in [-0.39, 0.29) is 4.90 Å². The molecule has 1 N–H and O–H groups in total. The first-order valence-corrected chi connectivity index (χ1v) is 10.2. The smallest absolute Gasteiger partial charge is 0.406 e. The lowest BCUT2D eigenvalue weighted by molar-refractivity contribution is -0.274. The second kappa shape index (κ2) is 6.89. The Morgan fingerprint density at radius 3 is 2.24 bits per heavy atom. The number of ether oxygens (including phenoxy) is 1. The van der Waals surface area contributed by atoms with Crippen molar-refractivity contribution in [2.24, 2.45) is 0 Å². The SMILES string of the molecule is Cc1ccc(S(=O)(=O)NC2c3ccccc3-c3ccc(OC(F)(F)F)cc32)cc1. The Balaban J connectivity index is 1.77. The molecule has 8 heteroatoms. The second-order valence-electron chi connectivity index (χ2n) is 6.75. The van der Waals surface area contributed by atoms with E-state index >= 15 is 0 Å². The summed E-state index contributed by atoms with van der Waals surface area (Å²) in [5.41, 5.74) is 3.41. The molecule has 1 aliphatic rings. The molecular weight excluding hydrogens is 403 g/mol. The molecular formula is C21H16F3NO3S. The molecule has 0 aliphatic heterocycles. The minimum absolute atomic E-state index is 0.0803. The zero-order valence-electron chi connectivity index (χ0n) is 15.2. The number of hydrogen-bond donors (Lipinski definition) is 1. The molecule has 29 heavy (non-hydrogen) atoms. The number of fused-ring (bicyclic) bond motifs is 3. The van der Waals surface area contributed by atoms with Gasteiger partial charge in [-0.15, -0.1) is 13.2 Å². The molecule has 4 rings (SSSR count). The lowest BCUT2D eigenvalue weighted by atomic mass is 10.1. The molecule has 0 aromatic heterocycles. The van der Waals surface area contributed by atoms with Crippen LogP contribution in [0.25, 0.3) is 11.1 Å². The molecule has 3 aromatic carbocycles. The highest BCUT2D eigenvalue weighted by Crippen LogP contribution is 2.45. The Labute approximate surface area is 166 Å². The summed E-state index contributed by atoms with van der Waals surface area (Å²) in [7, 11) is -3.91. The predicted molar refractivity (Wildman–Crippen MR) is 102 cm³/mol. The second-order valence-corrected chi connectivity index (χ2v) is 8.47. The third kappa shape index (κ3) is 3.86. The molecule has 150 valence electrons. The van der Waals surface area contributed by atoms with Crippen LogP contribution in [0.1, 0.15) is 22.7 Å². The first-order valence-electron chi connectivity index (χ1n) is 8.72. The van der Waals surface area contributed by atoms with Crippen molar-refractivity contribution in [3.8, 4) is 16.9 Å². The molecule has 1 atom stereocenters. The Morgan fingerprint density at radius 1 is 0.897 bits per heavy atom. The van der Waals surface area contributed by atoms with Crippen LogP contribution in [-0.4, -0.2) is 14.8 Å². The molecule has 0 spiro atoms. The van der Waals surface area contributed by atoms with E-state index in [1.54, 1.807) is 36.4 Å². The fourth-order valence-electron chi connectivity index (χ4n) is 3.45. The highest BCUT2D eigenvalue weighted by molar-refractivity contribution is 7.89. The van der Waals surface area contributed by atoms with E-state index in [2.05, 4.69) is 9.46 Å². The molecule has 0 amide bonds. The Morgan fingerprint density at radius 2 is 1.55 bits per heavy atom. The summed E-state index contributed by atoms with van der Waals surface area (Å²) < 4.78 is 70.4. The average molecular weight is 419 g/mol. The number of alkyl halides is 3. The van der Waals surface area contributed by atoms with Crippen molar-refractivity contribution in [3.05, 3.63) is 83.4 Å². The number of sulfonamides is 1. The summed E-state index contributed by atoms with van der Waals surface area (Å²) in [5, 5.41) is 0. The standard InChI is InChI=1S/C21H16F3NO3S/c1-13-6-9-15(10-7-13)29(26,27)25-20-18-5-3-2-4-16(18)17-11-8-14(12-19(17)20)28-21(22,23)24/h2-12,20,25H,1H3. The number of benzene rings is 3. The summed E-state index contributed by atoms with van der Waals surface area (Å²) in [5.74, 6) is -0.399. The van der Waals surface area contributed by atoms with Crippen molar-refractivity contribution < 1.29 is 26.3 Å². The van der Waals surface area contributed by atoms with Crippen molar-refractivity contribution in [3.63, 3.8) is 0 Å². The fourth-order valence-corrected chi connectivity index (χ4v) is 4.65. The molecule has 0 saturated heterocycles. The van der Waals surface area contributed by atoms with Crippen molar-refractivity contribution >= 4 is 10.0 Å². The maximum Gasteiger partial charge on any atom is 0.573 e. The van der Waals surface area contributed by atoms with Crippen LogP contribution in [0.3, 0.4) is 0 Å². The third-order valence-corrected chi connectivity index (χ3v) is 6.17. The first-order chi connectivity index (χ1) is 13.6.